The van der Waals surface area contributed by atoms with E-state index in [1.165, 1.54) is 0 Å². The Hall–Kier alpha value is -2.04. The lowest BCUT2D eigenvalue weighted by atomic mass is 9.94. The van der Waals surface area contributed by atoms with Crippen LogP contribution in [-0.2, 0) is 9.78 Å². The first-order valence-electron chi connectivity index (χ1n) is 9.00. The molecule has 0 radical (unpaired) electrons. The first-order chi connectivity index (χ1) is 12.2. The van der Waals surface area contributed by atoms with Crippen LogP contribution in [0.5, 0.6) is 11.5 Å². The molecule has 0 bridgehead atoms. The maximum absolute atomic E-state index is 5.65. The topological polar surface area (TPSA) is 36.9 Å². The van der Waals surface area contributed by atoms with Crippen molar-refractivity contribution in [2.75, 3.05) is 0 Å². The average Bonchev–Trinajstić information content (AvgIpc) is 2.57. The van der Waals surface area contributed by atoms with Crippen molar-refractivity contribution in [1.82, 2.24) is 0 Å². The molecule has 4 heteroatoms. The second kappa shape index (κ2) is 8.56. The zero-order chi connectivity index (χ0) is 19.2. The highest BCUT2D eigenvalue weighted by Crippen LogP contribution is 2.27. The highest BCUT2D eigenvalue weighted by molar-refractivity contribution is 5.27. The van der Waals surface area contributed by atoms with Gasteiger partial charge in [0.25, 0.3) is 0 Å². The van der Waals surface area contributed by atoms with Crippen LogP contribution in [0.3, 0.4) is 0 Å². The molecule has 0 unspecified atom stereocenters. The minimum atomic E-state index is -0.451. The Labute approximate surface area is 156 Å². The van der Waals surface area contributed by atoms with Crippen LogP contribution in [0.4, 0.5) is 0 Å². The van der Waals surface area contributed by atoms with Gasteiger partial charge in [0.05, 0.1) is 0 Å². The number of aryl methyl sites for hydroxylation is 2. The van der Waals surface area contributed by atoms with Crippen molar-refractivity contribution in [3.8, 4) is 11.5 Å². The van der Waals surface area contributed by atoms with Crippen molar-refractivity contribution in [3.05, 3.63) is 59.7 Å². The first-order valence-corrected chi connectivity index (χ1v) is 9.00. The van der Waals surface area contributed by atoms with E-state index in [0.717, 1.165) is 24.0 Å². The van der Waals surface area contributed by atoms with E-state index in [1.807, 2.05) is 90.1 Å². The zero-order valence-corrected chi connectivity index (χ0v) is 16.7. The predicted octanol–water partition coefficient (Wildman–Crippen LogP) is 5.96. The second-order valence-electron chi connectivity index (χ2n) is 7.99. The summed E-state index contributed by atoms with van der Waals surface area (Å²) >= 11 is 0. The third-order valence-electron chi connectivity index (χ3n) is 4.04. The van der Waals surface area contributed by atoms with Crippen LogP contribution in [0.1, 0.15) is 51.7 Å². The lowest BCUT2D eigenvalue weighted by molar-refractivity contribution is -0.301. The van der Waals surface area contributed by atoms with Crippen LogP contribution in [0, 0.1) is 13.8 Å². The van der Waals surface area contributed by atoms with Gasteiger partial charge in [0, 0.05) is 0 Å². The first kappa shape index (κ1) is 20.3. The molecule has 0 amide bonds. The standard InChI is InChI=1S/C22H30O4/c1-17-9-7-11-19(15-17)23-25-21(3,4)13-14-22(5,6)26-24-20-12-8-10-18(2)16-20/h7-12,15-16H,13-14H2,1-6H3. The van der Waals surface area contributed by atoms with E-state index in [9.17, 15) is 0 Å². The van der Waals surface area contributed by atoms with E-state index in [-0.39, 0.29) is 0 Å². The molecule has 2 rings (SSSR count). The van der Waals surface area contributed by atoms with Crippen LogP contribution in [0.15, 0.2) is 48.5 Å². The van der Waals surface area contributed by atoms with Crippen molar-refractivity contribution in [2.45, 2.75) is 65.6 Å². The highest BCUT2D eigenvalue weighted by atomic mass is 17.2. The van der Waals surface area contributed by atoms with Gasteiger partial charge in [-0.3, -0.25) is 0 Å². The third kappa shape index (κ3) is 7.06. The Balaban J connectivity index is 1.80. The fraction of sp³-hybridized carbons (Fsp3) is 0.455. The third-order valence-corrected chi connectivity index (χ3v) is 4.04. The smallest absolute Gasteiger partial charge is 0.165 e. The van der Waals surface area contributed by atoms with E-state index in [0.29, 0.717) is 11.5 Å². The minimum absolute atomic E-state index is 0.451. The Morgan fingerprint density at radius 2 is 1.04 bits per heavy atom. The molecule has 2 aromatic rings. The van der Waals surface area contributed by atoms with Crippen molar-refractivity contribution < 1.29 is 19.6 Å². The van der Waals surface area contributed by atoms with E-state index in [1.54, 1.807) is 0 Å². The van der Waals surface area contributed by atoms with Gasteiger partial charge < -0.3 is 9.78 Å². The maximum atomic E-state index is 5.65. The van der Waals surface area contributed by atoms with Crippen LogP contribution in [0.2, 0.25) is 0 Å². The van der Waals surface area contributed by atoms with Gasteiger partial charge in [-0.05, 0) is 89.8 Å². The molecule has 0 spiro atoms. The van der Waals surface area contributed by atoms with E-state index in [4.69, 9.17) is 19.6 Å². The van der Waals surface area contributed by atoms with Crippen molar-refractivity contribution >= 4 is 0 Å². The number of benzene rings is 2. The SMILES string of the molecule is Cc1cccc(OOC(C)(C)CCC(C)(C)OOc2cccc(C)c2)c1. The lowest BCUT2D eigenvalue weighted by Crippen LogP contribution is -2.33. The average molecular weight is 358 g/mol. The zero-order valence-electron chi connectivity index (χ0n) is 16.7. The summed E-state index contributed by atoms with van der Waals surface area (Å²) in [6, 6.07) is 15.6. The van der Waals surface area contributed by atoms with Gasteiger partial charge in [-0.25, -0.2) is 0 Å². The van der Waals surface area contributed by atoms with Crippen LogP contribution < -0.4 is 9.78 Å². The van der Waals surface area contributed by atoms with Gasteiger partial charge in [-0.15, -0.1) is 0 Å². The molecule has 0 atom stereocenters. The summed E-state index contributed by atoms with van der Waals surface area (Å²) in [6.07, 6.45) is 1.51. The van der Waals surface area contributed by atoms with Crippen LogP contribution in [0.25, 0.3) is 0 Å². The van der Waals surface area contributed by atoms with Gasteiger partial charge in [0.2, 0.25) is 0 Å². The van der Waals surface area contributed by atoms with Crippen molar-refractivity contribution in [3.63, 3.8) is 0 Å². The van der Waals surface area contributed by atoms with E-state index in [2.05, 4.69) is 0 Å². The molecule has 0 aliphatic rings. The fourth-order valence-electron chi connectivity index (χ4n) is 2.34. The summed E-state index contributed by atoms with van der Waals surface area (Å²) in [7, 11) is 0. The molecule has 0 fully saturated rings. The summed E-state index contributed by atoms with van der Waals surface area (Å²) in [5.41, 5.74) is 1.36. The Morgan fingerprint density at radius 1 is 0.654 bits per heavy atom. The second-order valence-corrected chi connectivity index (χ2v) is 7.99. The maximum Gasteiger partial charge on any atom is 0.165 e. The van der Waals surface area contributed by atoms with Gasteiger partial charge in [-0.2, -0.15) is 9.78 Å². The Morgan fingerprint density at radius 3 is 1.38 bits per heavy atom. The molecular weight excluding hydrogens is 328 g/mol. The number of hydrogen-bond donors (Lipinski definition) is 0. The summed E-state index contributed by atoms with van der Waals surface area (Å²) in [5.74, 6) is 1.41. The van der Waals surface area contributed by atoms with Gasteiger partial charge in [-0.1, -0.05) is 24.3 Å². The summed E-state index contributed by atoms with van der Waals surface area (Å²) < 4.78 is 0. The normalized spacial score (nSPS) is 12.1. The Bertz CT molecular complexity index is 645. The van der Waals surface area contributed by atoms with E-state index >= 15 is 0 Å². The molecule has 0 saturated carbocycles. The van der Waals surface area contributed by atoms with Gasteiger partial charge >= 0.3 is 0 Å². The van der Waals surface area contributed by atoms with E-state index < -0.39 is 11.2 Å². The van der Waals surface area contributed by atoms with Crippen LogP contribution >= 0.6 is 0 Å². The monoisotopic (exact) mass is 358 g/mol. The number of rotatable bonds is 9. The van der Waals surface area contributed by atoms with Crippen molar-refractivity contribution in [1.29, 1.82) is 0 Å². The summed E-state index contributed by atoms with van der Waals surface area (Å²) in [6.45, 7) is 12.0. The summed E-state index contributed by atoms with van der Waals surface area (Å²) in [5, 5.41) is 0. The quantitative estimate of drug-likeness (QED) is 0.409. The minimum Gasteiger partial charge on any atom is -0.337 e. The molecular formula is C22H30O4. The highest BCUT2D eigenvalue weighted by Gasteiger charge is 2.28. The lowest BCUT2D eigenvalue weighted by Gasteiger charge is -2.29. The van der Waals surface area contributed by atoms with Crippen molar-refractivity contribution in [2.24, 2.45) is 0 Å². The molecule has 2 aromatic carbocycles. The summed E-state index contributed by atoms with van der Waals surface area (Å²) in [4.78, 5) is 22.3. The van der Waals surface area contributed by atoms with Gasteiger partial charge in [0.15, 0.2) is 11.5 Å². The molecule has 0 aromatic heterocycles. The molecule has 142 valence electrons. The van der Waals surface area contributed by atoms with Gasteiger partial charge in [0.1, 0.15) is 11.2 Å². The predicted molar refractivity (Wildman–Crippen MR) is 103 cm³/mol. The molecule has 4 nitrogen and oxygen atoms in total. The Kier molecular flexibility index (Phi) is 6.68. The molecule has 0 N–H and O–H groups in total. The molecule has 0 aliphatic heterocycles. The fourth-order valence-corrected chi connectivity index (χ4v) is 2.34. The number of hydrogen-bond acceptors (Lipinski definition) is 4. The molecule has 0 saturated heterocycles. The molecule has 0 aliphatic carbocycles. The molecule has 0 heterocycles. The molecule has 26 heavy (non-hydrogen) atoms. The largest absolute Gasteiger partial charge is 0.337 e. The van der Waals surface area contributed by atoms with Crippen LogP contribution in [-0.4, -0.2) is 11.2 Å².